The lowest BCUT2D eigenvalue weighted by atomic mass is 10.1. The van der Waals surface area contributed by atoms with E-state index in [4.69, 9.17) is 0 Å². The number of carbonyl (C=O) groups excluding carboxylic acids is 1. The first kappa shape index (κ1) is 16.3. The number of halogens is 3. The van der Waals surface area contributed by atoms with Crippen molar-refractivity contribution in [2.45, 2.75) is 33.0 Å². The Morgan fingerprint density at radius 2 is 1.90 bits per heavy atom. The summed E-state index contributed by atoms with van der Waals surface area (Å²) in [5.74, 6) is 0. The molecule has 0 radical (unpaired) electrons. The Morgan fingerprint density at radius 1 is 1.30 bits per heavy atom. The van der Waals surface area contributed by atoms with Gasteiger partial charge in [-0.2, -0.15) is 13.2 Å². The van der Waals surface area contributed by atoms with Gasteiger partial charge in [0.25, 0.3) is 0 Å². The van der Waals surface area contributed by atoms with Crippen molar-refractivity contribution in [1.29, 1.82) is 0 Å². The molecule has 6 heteroatoms. The molecule has 0 saturated heterocycles. The fourth-order valence-electron chi connectivity index (χ4n) is 1.85. The molecule has 0 heterocycles. The molecule has 1 unspecified atom stereocenters. The highest BCUT2D eigenvalue weighted by molar-refractivity contribution is 5.74. The third-order valence-electron chi connectivity index (χ3n) is 3.10. The average Bonchev–Trinajstić information content (AvgIpc) is 2.39. The summed E-state index contributed by atoms with van der Waals surface area (Å²) in [7, 11) is 0. The van der Waals surface area contributed by atoms with Gasteiger partial charge in [0.05, 0.1) is 11.6 Å². The summed E-state index contributed by atoms with van der Waals surface area (Å²) in [5, 5.41) is 2.70. The maximum Gasteiger partial charge on any atom is 0.416 e. The minimum absolute atomic E-state index is 0.278. The number of amides is 2. The number of alkyl halides is 3. The normalized spacial score (nSPS) is 12.9. The molecule has 0 aromatic heterocycles. The van der Waals surface area contributed by atoms with Gasteiger partial charge in [-0.25, -0.2) is 4.79 Å². The predicted octanol–water partition coefficient (Wildman–Crippen LogP) is 3.82. The van der Waals surface area contributed by atoms with Crippen LogP contribution in [0.4, 0.5) is 18.0 Å². The molecule has 0 saturated carbocycles. The summed E-state index contributed by atoms with van der Waals surface area (Å²) in [4.78, 5) is 13.4. The lowest BCUT2D eigenvalue weighted by Gasteiger charge is -2.23. The van der Waals surface area contributed by atoms with E-state index < -0.39 is 17.8 Å². The molecular weight excluding hydrogens is 269 g/mol. The maximum atomic E-state index is 12.6. The van der Waals surface area contributed by atoms with Crippen molar-refractivity contribution in [2.24, 2.45) is 0 Å². The highest BCUT2D eigenvalue weighted by Gasteiger charge is 2.30. The minimum Gasteiger partial charge on any atom is -0.331 e. The molecule has 3 nitrogen and oxygen atoms in total. The molecule has 1 N–H and O–H groups in total. The van der Waals surface area contributed by atoms with Crippen LogP contribution < -0.4 is 5.32 Å². The van der Waals surface area contributed by atoms with Gasteiger partial charge in [0.15, 0.2) is 0 Å². The predicted molar refractivity (Wildman–Crippen MR) is 71.3 cm³/mol. The molecule has 0 aliphatic carbocycles. The molecule has 0 bridgehead atoms. The minimum atomic E-state index is -4.38. The van der Waals surface area contributed by atoms with E-state index in [1.54, 1.807) is 17.9 Å². The standard InChI is InChI=1S/C14H19F3N2O/c1-4-19(5-2)13(20)18-10(3)11-7-6-8-12(9-11)14(15,16)17/h6-10H,4-5H2,1-3H3,(H,18,20). The largest absolute Gasteiger partial charge is 0.416 e. The van der Waals surface area contributed by atoms with Gasteiger partial charge in [-0.05, 0) is 38.5 Å². The number of nitrogens with one attached hydrogen (secondary N) is 1. The molecule has 1 atom stereocenters. The Hall–Kier alpha value is -1.72. The van der Waals surface area contributed by atoms with Crippen molar-refractivity contribution in [2.75, 3.05) is 13.1 Å². The summed E-state index contributed by atoms with van der Waals surface area (Å²) in [6.45, 7) is 6.46. The van der Waals surface area contributed by atoms with Crippen molar-refractivity contribution < 1.29 is 18.0 Å². The molecule has 2 amide bonds. The number of carbonyl (C=O) groups is 1. The first-order chi connectivity index (χ1) is 9.29. The van der Waals surface area contributed by atoms with Crippen LogP contribution in [0.25, 0.3) is 0 Å². The number of rotatable bonds is 4. The molecule has 0 spiro atoms. The molecular formula is C14H19F3N2O. The Kier molecular flexibility index (Phi) is 5.42. The fraction of sp³-hybridized carbons (Fsp3) is 0.500. The van der Waals surface area contributed by atoms with Crippen LogP contribution >= 0.6 is 0 Å². The van der Waals surface area contributed by atoms with E-state index in [1.165, 1.54) is 6.07 Å². The lowest BCUT2D eigenvalue weighted by Crippen LogP contribution is -2.40. The van der Waals surface area contributed by atoms with E-state index in [-0.39, 0.29) is 6.03 Å². The van der Waals surface area contributed by atoms with E-state index in [1.807, 2.05) is 13.8 Å². The second kappa shape index (κ2) is 6.63. The van der Waals surface area contributed by atoms with Crippen molar-refractivity contribution in [3.63, 3.8) is 0 Å². The summed E-state index contributed by atoms with van der Waals surface area (Å²) < 4.78 is 37.9. The van der Waals surface area contributed by atoms with Crippen molar-refractivity contribution in [3.8, 4) is 0 Å². The van der Waals surface area contributed by atoms with Gasteiger partial charge in [-0.15, -0.1) is 0 Å². The summed E-state index contributed by atoms with van der Waals surface area (Å²) in [6.07, 6.45) is -4.38. The van der Waals surface area contributed by atoms with E-state index >= 15 is 0 Å². The zero-order valence-electron chi connectivity index (χ0n) is 11.8. The molecule has 0 aliphatic rings. The third kappa shape index (κ3) is 4.15. The number of urea groups is 1. The Morgan fingerprint density at radius 3 is 2.40 bits per heavy atom. The SMILES string of the molecule is CCN(CC)C(=O)NC(C)c1cccc(C(F)(F)F)c1. The highest BCUT2D eigenvalue weighted by Crippen LogP contribution is 2.30. The van der Waals surface area contributed by atoms with Crippen molar-refractivity contribution in [1.82, 2.24) is 10.2 Å². The van der Waals surface area contributed by atoms with Crippen LogP contribution in [0, 0.1) is 0 Å². The van der Waals surface area contributed by atoms with Crippen LogP contribution in [0.15, 0.2) is 24.3 Å². The Bertz CT molecular complexity index is 456. The molecule has 0 fully saturated rings. The van der Waals surface area contributed by atoms with E-state index in [0.29, 0.717) is 18.7 Å². The van der Waals surface area contributed by atoms with Gasteiger partial charge in [-0.3, -0.25) is 0 Å². The monoisotopic (exact) mass is 288 g/mol. The van der Waals surface area contributed by atoms with Gasteiger partial charge in [0, 0.05) is 13.1 Å². The van der Waals surface area contributed by atoms with Gasteiger partial charge in [0.1, 0.15) is 0 Å². The smallest absolute Gasteiger partial charge is 0.331 e. The Labute approximate surface area is 116 Å². The number of hydrogen-bond acceptors (Lipinski definition) is 1. The van der Waals surface area contributed by atoms with Gasteiger partial charge in [0.2, 0.25) is 0 Å². The van der Waals surface area contributed by atoms with Crippen molar-refractivity contribution >= 4 is 6.03 Å². The van der Waals surface area contributed by atoms with E-state index in [9.17, 15) is 18.0 Å². The summed E-state index contributed by atoms with van der Waals surface area (Å²) >= 11 is 0. The summed E-state index contributed by atoms with van der Waals surface area (Å²) in [6, 6.07) is 4.24. The first-order valence-electron chi connectivity index (χ1n) is 6.52. The zero-order valence-corrected chi connectivity index (χ0v) is 11.8. The first-order valence-corrected chi connectivity index (χ1v) is 6.52. The topological polar surface area (TPSA) is 32.3 Å². The van der Waals surface area contributed by atoms with Crippen LogP contribution in [0.2, 0.25) is 0 Å². The van der Waals surface area contributed by atoms with Crippen LogP contribution in [0.1, 0.15) is 37.9 Å². The van der Waals surface area contributed by atoms with Crippen LogP contribution in [0.5, 0.6) is 0 Å². The average molecular weight is 288 g/mol. The molecule has 20 heavy (non-hydrogen) atoms. The quantitative estimate of drug-likeness (QED) is 0.897. The molecule has 1 aromatic rings. The van der Waals surface area contributed by atoms with Crippen LogP contribution in [-0.4, -0.2) is 24.0 Å². The number of benzene rings is 1. The van der Waals surface area contributed by atoms with Crippen LogP contribution in [-0.2, 0) is 6.18 Å². The van der Waals surface area contributed by atoms with E-state index in [0.717, 1.165) is 12.1 Å². The van der Waals surface area contributed by atoms with Gasteiger partial charge < -0.3 is 10.2 Å². The Balaban J connectivity index is 2.83. The molecule has 1 rings (SSSR count). The maximum absolute atomic E-state index is 12.6. The number of hydrogen-bond donors (Lipinski definition) is 1. The van der Waals surface area contributed by atoms with Crippen molar-refractivity contribution in [3.05, 3.63) is 35.4 Å². The second-order valence-corrected chi connectivity index (χ2v) is 4.47. The highest BCUT2D eigenvalue weighted by atomic mass is 19.4. The molecule has 1 aromatic carbocycles. The second-order valence-electron chi connectivity index (χ2n) is 4.47. The number of nitrogens with zero attached hydrogens (tertiary/aromatic N) is 1. The zero-order chi connectivity index (χ0) is 15.3. The molecule has 112 valence electrons. The summed E-state index contributed by atoms with van der Waals surface area (Å²) in [5.41, 5.74) is -0.278. The van der Waals surface area contributed by atoms with Crippen LogP contribution in [0.3, 0.4) is 0 Å². The molecule has 0 aliphatic heterocycles. The lowest BCUT2D eigenvalue weighted by molar-refractivity contribution is -0.137. The van der Waals surface area contributed by atoms with Gasteiger partial charge >= 0.3 is 12.2 Å². The third-order valence-corrected chi connectivity index (χ3v) is 3.10. The van der Waals surface area contributed by atoms with Gasteiger partial charge in [-0.1, -0.05) is 12.1 Å². The fourth-order valence-corrected chi connectivity index (χ4v) is 1.85. The van der Waals surface area contributed by atoms with E-state index in [2.05, 4.69) is 5.32 Å².